The summed E-state index contributed by atoms with van der Waals surface area (Å²) in [6.45, 7) is 3.76. The smallest absolute Gasteiger partial charge is 0.295 e. The van der Waals surface area contributed by atoms with Crippen LogP contribution in [0.3, 0.4) is 0 Å². The molecule has 1 atom stereocenters. The van der Waals surface area contributed by atoms with E-state index < -0.39 is 22.5 Å². The highest BCUT2D eigenvalue weighted by Crippen LogP contribution is 2.30. The first kappa shape index (κ1) is 14.7. The van der Waals surface area contributed by atoms with Gasteiger partial charge in [-0.25, -0.2) is 4.39 Å². The zero-order valence-electron chi connectivity index (χ0n) is 9.98. The van der Waals surface area contributed by atoms with Gasteiger partial charge in [-0.3, -0.25) is 10.1 Å². The Morgan fingerprint density at radius 2 is 2.17 bits per heavy atom. The highest BCUT2D eigenvalue weighted by molar-refractivity contribution is 6.31. The van der Waals surface area contributed by atoms with Crippen molar-refractivity contribution in [2.75, 3.05) is 11.9 Å². The van der Waals surface area contributed by atoms with Crippen molar-refractivity contribution in [1.29, 1.82) is 0 Å². The maximum atomic E-state index is 13.1. The molecule has 7 heteroatoms. The van der Waals surface area contributed by atoms with Gasteiger partial charge in [0.2, 0.25) is 0 Å². The Bertz CT molecular complexity index is 454. The fraction of sp³-hybridized carbons (Fsp3) is 0.455. The Morgan fingerprint density at radius 1 is 1.56 bits per heavy atom. The molecule has 0 aliphatic rings. The van der Waals surface area contributed by atoms with Crippen LogP contribution < -0.4 is 5.32 Å². The lowest BCUT2D eigenvalue weighted by atomic mass is 10.1. The molecule has 0 aliphatic heterocycles. The number of hydrogen-bond acceptors (Lipinski definition) is 4. The van der Waals surface area contributed by atoms with Crippen LogP contribution in [0, 0.1) is 21.8 Å². The lowest BCUT2D eigenvalue weighted by Gasteiger charge is -2.16. The molecule has 0 saturated heterocycles. The van der Waals surface area contributed by atoms with Crippen LogP contribution in [0.1, 0.15) is 13.8 Å². The molecule has 0 spiro atoms. The van der Waals surface area contributed by atoms with Crippen molar-refractivity contribution in [2.45, 2.75) is 20.0 Å². The normalized spacial score (nSPS) is 12.6. The minimum atomic E-state index is -0.849. The van der Waals surface area contributed by atoms with Gasteiger partial charge in [0.15, 0.2) is 0 Å². The van der Waals surface area contributed by atoms with Gasteiger partial charge in [0.25, 0.3) is 5.69 Å². The van der Waals surface area contributed by atoms with E-state index in [-0.39, 0.29) is 23.2 Å². The second-order valence-electron chi connectivity index (χ2n) is 4.23. The molecule has 2 N–H and O–H groups in total. The highest BCUT2D eigenvalue weighted by atomic mass is 35.5. The van der Waals surface area contributed by atoms with Crippen molar-refractivity contribution in [3.63, 3.8) is 0 Å². The van der Waals surface area contributed by atoms with E-state index in [0.717, 1.165) is 12.1 Å². The number of rotatable bonds is 5. The molecule has 0 heterocycles. The van der Waals surface area contributed by atoms with Crippen molar-refractivity contribution >= 4 is 23.0 Å². The number of nitrogens with one attached hydrogen (secondary N) is 1. The van der Waals surface area contributed by atoms with E-state index in [9.17, 15) is 19.6 Å². The van der Waals surface area contributed by atoms with Crippen molar-refractivity contribution in [3.05, 3.63) is 33.1 Å². The third-order valence-corrected chi connectivity index (χ3v) is 2.80. The second kappa shape index (κ2) is 5.97. The van der Waals surface area contributed by atoms with Crippen LogP contribution in [-0.4, -0.2) is 22.7 Å². The van der Waals surface area contributed by atoms with Gasteiger partial charge < -0.3 is 10.4 Å². The van der Waals surface area contributed by atoms with Crippen LogP contribution in [0.15, 0.2) is 12.1 Å². The van der Waals surface area contributed by atoms with Crippen LogP contribution in [0.25, 0.3) is 0 Å². The molecule has 0 aliphatic carbocycles. The highest BCUT2D eigenvalue weighted by Gasteiger charge is 2.19. The summed E-state index contributed by atoms with van der Waals surface area (Å²) in [5.41, 5.74) is -0.320. The molecule has 0 fully saturated rings. The Hall–Kier alpha value is -1.40. The maximum Gasteiger partial charge on any atom is 0.295 e. The number of nitro benzene ring substituents is 1. The first-order chi connectivity index (χ1) is 8.32. The van der Waals surface area contributed by atoms with E-state index in [1.54, 1.807) is 0 Å². The third kappa shape index (κ3) is 3.54. The van der Waals surface area contributed by atoms with E-state index in [4.69, 9.17) is 11.6 Å². The molecule has 0 amide bonds. The van der Waals surface area contributed by atoms with Crippen molar-refractivity contribution < 1.29 is 14.4 Å². The fourth-order valence-corrected chi connectivity index (χ4v) is 1.44. The number of nitro groups is 1. The predicted molar refractivity (Wildman–Crippen MR) is 67.4 cm³/mol. The molecule has 1 aromatic carbocycles. The van der Waals surface area contributed by atoms with Crippen LogP contribution >= 0.6 is 11.6 Å². The van der Waals surface area contributed by atoms with E-state index in [1.165, 1.54) is 0 Å². The molecule has 0 bridgehead atoms. The van der Waals surface area contributed by atoms with Crippen LogP contribution in [0.4, 0.5) is 15.8 Å². The van der Waals surface area contributed by atoms with Gasteiger partial charge in [-0.05, 0) is 12.0 Å². The van der Waals surface area contributed by atoms with E-state index in [2.05, 4.69) is 5.32 Å². The van der Waals surface area contributed by atoms with Gasteiger partial charge in [0.1, 0.15) is 11.5 Å². The Labute approximate surface area is 109 Å². The molecule has 0 aromatic heterocycles. The summed E-state index contributed by atoms with van der Waals surface area (Å²) < 4.78 is 13.1. The van der Waals surface area contributed by atoms with E-state index in [1.807, 2.05) is 13.8 Å². The first-order valence-electron chi connectivity index (χ1n) is 5.38. The van der Waals surface area contributed by atoms with Crippen LogP contribution in [0.5, 0.6) is 0 Å². The minimum absolute atomic E-state index is 0.00692. The Balaban J connectivity index is 2.93. The number of aliphatic hydroxyl groups excluding tert-OH is 1. The summed E-state index contributed by atoms with van der Waals surface area (Å²) in [6, 6.07) is 1.90. The molecule has 100 valence electrons. The largest absolute Gasteiger partial charge is 0.391 e. The van der Waals surface area contributed by atoms with Gasteiger partial charge in [-0.1, -0.05) is 25.4 Å². The monoisotopic (exact) mass is 276 g/mol. The van der Waals surface area contributed by atoms with Crippen LogP contribution in [0.2, 0.25) is 5.02 Å². The number of aliphatic hydroxyl groups is 1. The summed E-state index contributed by atoms with van der Waals surface area (Å²) in [5.74, 6) is -0.842. The van der Waals surface area contributed by atoms with Crippen molar-refractivity contribution in [1.82, 2.24) is 0 Å². The lowest BCUT2D eigenvalue weighted by molar-refractivity contribution is -0.384. The van der Waals surface area contributed by atoms with Crippen LogP contribution in [-0.2, 0) is 0 Å². The SMILES string of the molecule is CC(C)C(O)CNc1cc(Cl)c(F)cc1[N+](=O)[O-]. The van der Waals surface area contributed by atoms with E-state index >= 15 is 0 Å². The number of hydrogen-bond donors (Lipinski definition) is 2. The Kier molecular flexibility index (Phi) is 4.86. The molecule has 1 unspecified atom stereocenters. The topological polar surface area (TPSA) is 75.4 Å². The molecule has 18 heavy (non-hydrogen) atoms. The number of halogens is 2. The van der Waals surface area contributed by atoms with Gasteiger partial charge >= 0.3 is 0 Å². The molecule has 5 nitrogen and oxygen atoms in total. The van der Waals surface area contributed by atoms with Gasteiger partial charge in [-0.15, -0.1) is 0 Å². The molecule has 0 radical (unpaired) electrons. The molecular weight excluding hydrogens is 263 g/mol. The molecule has 1 aromatic rings. The molecule has 0 saturated carbocycles. The summed E-state index contributed by atoms with van der Waals surface area (Å²) in [4.78, 5) is 10.1. The van der Waals surface area contributed by atoms with Gasteiger partial charge in [-0.2, -0.15) is 0 Å². The van der Waals surface area contributed by atoms with E-state index in [0.29, 0.717) is 0 Å². The van der Waals surface area contributed by atoms with Gasteiger partial charge in [0.05, 0.1) is 22.1 Å². The quantitative estimate of drug-likeness (QED) is 0.640. The molecular formula is C11H14ClFN2O3. The molecule has 1 rings (SSSR count). The zero-order valence-corrected chi connectivity index (χ0v) is 10.7. The number of benzene rings is 1. The fourth-order valence-electron chi connectivity index (χ4n) is 1.28. The summed E-state index contributed by atoms with van der Waals surface area (Å²) in [5, 5.41) is 22.9. The predicted octanol–water partition coefficient (Wildman–Crippen LogP) is 2.82. The first-order valence-corrected chi connectivity index (χ1v) is 5.76. The third-order valence-electron chi connectivity index (χ3n) is 2.51. The zero-order chi connectivity index (χ0) is 13.9. The average molecular weight is 277 g/mol. The summed E-state index contributed by atoms with van der Waals surface area (Å²) >= 11 is 5.57. The number of nitrogens with zero attached hydrogens (tertiary/aromatic N) is 1. The maximum absolute atomic E-state index is 13.1. The van der Waals surface area contributed by atoms with Crippen molar-refractivity contribution in [2.24, 2.45) is 5.92 Å². The second-order valence-corrected chi connectivity index (χ2v) is 4.64. The average Bonchev–Trinajstić information content (AvgIpc) is 2.29. The van der Waals surface area contributed by atoms with Crippen molar-refractivity contribution in [3.8, 4) is 0 Å². The standard InChI is InChI=1S/C11H14ClFN2O3/c1-6(2)11(16)5-14-9-3-7(12)8(13)4-10(9)15(17)18/h3-4,6,11,14,16H,5H2,1-2H3. The summed E-state index contributed by atoms with van der Waals surface area (Å²) in [6.07, 6.45) is -0.659. The Morgan fingerprint density at radius 3 is 2.67 bits per heavy atom. The summed E-state index contributed by atoms with van der Waals surface area (Å²) in [7, 11) is 0. The number of anilines is 1. The lowest BCUT2D eigenvalue weighted by Crippen LogP contribution is -2.25. The minimum Gasteiger partial charge on any atom is -0.391 e. The van der Waals surface area contributed by atoms with Gasteiger partial charge in [0, 0.05) is 6.54 Å².